The van der Waals surface area contributed by atoms with Crippen molar-refractivity contribution in [3.8, 4) is 0 Å². The van der Waals surface area contributed by atoms with Gasteiger partial charge in [0, 0.05) is 5.56 Å². The normalized spacial score (nSPS) is 11.1. The second-order valence-corrected chi connectivity index (χ2v) is 6.87. The standard InChI is InChI=1S/C14H12ClN3S2/c1-2-5-9-12(15)16-8-17-13(9)20-14-18-10-6-3-4-7-11(10)19-14/h3-4,6-8H,2,5H2,1H3. The van der Waals surface area contributed by atoms with Crippen molar-refractivity contribution in [3.05, 3.63) is 41.3 Å². The Balaban J connectivity index is 1.96. The van der Waals surface area contributed by atoms with E-state index in [4.69, 9.17) is 11.6 Å². The molecule has 20 heavy (non-hydrogen) atoms. The van der Waals surface area contributed by atoms with Crippen molar-refractivity contribution in [1.29, 1.82) is 0 Å². The molecule has 0 aliphatic rings. The Morgan fingerprint density at radius 3 is 2.90 bits per heavy atom. The fraction of sp³-hybridized carbons (Fsp3) is 0.214. The van der Waals surface area contributed by atoms with E-state index in [-0.39, 0.29) is 0 Å². The monoisotopic (exact) mass is 321 g/mol. The van der Waals surface area contributed by atoms with Crippen LogP contribution in [0.25, 0.3) is 10.2 Å². The summed E-state index contributed by atoms with van der Waals surface area (Å²) >= 11 is 9.41. The van der Waals surface area contributed by atoms with Crippen molar-refractivity contribution >= 4 is 44.9 Å². The van der Waals surface area contributed by atoms with Gasteiger partial charge in [0.05, 0.1) is 10.2 Å². The molecule has 3 rings (SSSR count). The second-order valence-electron chi connectivity index (χ2n) is 4.25. The molecule has 0 bridgehead atoms. The zero-order valence-electron chi connectivity index (χ0n) is 10.8. The highest BCUT2D eigenvalue weighted by molar-refractivity contribution is 8.01. The average Bonchev–Trinajstić information content (AvgIpc) is 2.85. The van der Waals surface area contributed by atoms with Gasteiger partial charge in [0.2, 0.25) is 0 Å². The van der Waals surface area contributed by atoms with Crippen molar-refractivity contribution < 1.29 is 0 Å². The van der Waals surface area contributed by atoms with Crippen LogP contribution in [-0.4, -0.2) is 15.0 Å². The van der Waals surface area contributed by atoms with Gasteiger partial charge in [-0.1, -0.05) is 37.1 Å². The third-order valence-electron chi connectivity index (χ3n) is 2.81. The van der Waals surface area contributed by atoms with Crippen LogP contribution in [0.2, 0.25) is 5.15 Å². The van der Waals surface area contributed by atoms with E-state index in [1.165, 1.54) is 11.0 Å². The molecule has 3 aromatic rings. The van der Waals surface area contributed by atoms with Gasteiger partial charge in [-0.05, 0) is 30.3 Å². The third-order valence-corrected chi connectivity index (χ3v) is 5.28. The molecular formula is C14H12ClN3S2. The number of thiazole rings is 1. The lowest BCUT2D eigenvalue weighted by Crippen LogP contribution is -1.95. The Hall–Kier alpha value is -1.17. The van der Waals surface area contributed by atoms with Gasteiger partial charge in [0.25, 0.3) is 0 Å². The summed E-state index contributed by atoms with van der Waals surface area (Å²) in [4.78, 5) is 13.0. The number of rotatable bonds is 4. The smallest absolute Gasteiger partial charge is 0.157 e. The molecule has 0 atom stereocenters. The van der Waals surface area contributed by atoms with Crippen LogP contribution < -0.4 is 0 Å². The Labute approximate surface area is 130 Å². The maximum atomic E-state index is 6.17. The predicted octanol–water partition coefficient (Wildman–Crippen LogP) is 4.84. The van der Waals surface area contributed by atoms with Crippen molar-refractivity contribution in [2.75, 3.05) is 0 Å². The summed E-state index contributed by atoms with van der Waals surface area (Å²) in [6, 6.07) is 8.13. The van der Waals surface area contributed by atoms with Gasteiger partial charge in [-0.25, -0.2) is 15.0 Å². The number of aromatic nitrogens is 3. The molecule has 0 unspecified atom stereocenters. The van der Waals surface area contributed by atoms with Gasteiger partial charge >= 0.3 is 0 Å². The summed E-state index contributed by atoms with van der Waals surface area (Å²) in [5.41, 5.74) is 2.04. The van der Waals surface area contributed by atoms with Crippen molar-refractivity contribution in [2.24, 2.45) is 0 Å². The number of halogens is 1. The highest BCUT2D eigenvalue weighted by atomic mass is 35.5. The number of fused-ring (bicyclic) bond motifs is 1. The maximum absolute atomic E-state index is 6.17. The molecular weight excluding hydrogens is 310 g/mol. The summed E-state index contributed by atoms with van der Waals surface area (Å²) in [7, 11) is 0. The van der Waals surface area contributed by atoms with E-state index in [0.717, 1.165) is 33.3 Å². The molecule has 0 radical (unpaired) electrons. The van der Waals surface area contributed by atoms with Crippen LogP contribution >= 0.6 is 34.7 Å². The third kappa shape index (κ3) is 2.80. The van der Waals surface area contributed by atoms with E-state index in [2.05, 4.69) is 27.9 Å². The molecule has 6 heteroatoms. The Kier molecular flexibility index (Phi) is 4.19. The molecule has 0 saturated carbocycles. The molecule has 102 valence electrons. The van der Waals surface area contributed by atoms with E-state index in [0.29, 0.717) is 5.15 Å². The average molecular weight is 322 g/mol. The number of para-hydroxylation sites is 1. The highest BCUT2D eigenvalue weighted by Crippen LogP contribution is 2.36. The van der Waals surface area contributed by atoms with Crippen molar-refractivity contribution in [1.82, 2.24) is 15.0 Å². The first-order valence-electron chi connectivity index (χ1n) is 6.30. The van der Waals surface area contributed by atoms with Crippen LogP contribution in [0.3, 0.4) is 0 Å². The summed E-state index contributed by atoms with van der Waals surface area (Å²) in [6.07, 6.45) is 3.41. The van der Waals surface area contributed by atoms with Crippen LogP contribution in [0.15, 0.2) is 40.0 Å². The highest BCUT2D eigenvalue weighted by Gasteiger charge is 2.13. The number of nitrogens with zero attached hydrogens (tertiary/aromatic N) is 3. The minimum absolute atomic E-state index is 0.547. The van der Waals surface area contributed by atoms with Gasteiger partial charge in [-0.2, -0.15) is 0 Å². The molecule has 0 amide bonds. The Morgan fingerprint density at radius 2 is 2.10 bits per heavy atom. The minimum atomic E-state index is 0.547. The van der Waals surface area contributed by atoms with Crippen LogP contribution in [0.5, 0.6) is 0 Å². The van der Waals surface area contributed by atoms with Crippen LogP contribution in [-0.2, 0) is 6.42 Å². The summed E-state index contributed by atoms with van der Waals surface area (Å²) < 4.78 is 2.17. The molecule has 0 aliphatic heterocycles. The maximum Gasteiger partial charge on any atom is 0.157 e. The van der Waals surface area contributed by atoms with Gasteiger partial charge < -0.3 is 0 Å². The summed E-state index contributed by atoms with van der Waals surface area (Å²) in [5, 5.41) is 1.45. The van der Waals surface area contributed by atoms with E-state index >= 15 is 0 Å². The molecule has 2 aromatic heterocycles. The predicted molar refractivity (Wildman–Crippen MR) is 84.8 cm³/mol. The summed E-state index contributed by atoms with van der Waals surface area (Å²) in [5.74, 6) is 0. The lowest BCUT2D eigenvalue weighted by atomic mass is 10.2. The van der Waals surface area contributed by atoms with E-state index in [1.54, 1.807) is 23.1 Å². The Bertz CT molecular complexity index is 709. The SMILES string of the molecule is CCCc1c(Cl)ncnc1Sc1nc2ccccc2s1. The van der Waals surface area contributed by atoms with E-state index < -0.39 is 0 Å². The number of hydrogen-bond acceptors (Lipinski definition) is 5. The molecule has 3 nitrogen and oxygen atoms in total. The van der Waals surface area contributed by atoms with Crippen LogP contribution in [0.1, 0.15) is 18.9 Å². The first kappa shape index (κ1) is 13.8. The fourth-order valence-corrected chi connectivity index (χ4v) is 4.29. The molecule has 1 aromatic carbocycles. The molecule has 2 heterocycles. The lowest BCUT2D eigenvalue weighted by Gasteiger charge is -2.06. The number of benzene rings is 1. The first-order chi connectivity index (χ1) is 9.78. The van der Waals surface area contributed by atoms with Gasteiger partial charge in [0.15, 0.2) is 4.34 Å². The van der Waals surface area contributed by atoms with Crippen LogP contribution in [0, 0.1) is 0 Å². The molecule has 0 N–H and O–H groups in total. The van der Waals surface area contributed by atoms with E-state index in [1.807, 2.05) is 18.2 Å². The van der Waals surface area contributed by atoms with Crippen molar-refractivity contribution in [2.45, 2.75) is 29.1 Å². The van der Waals surface area contributed by atoms with Crippen molar-refractivity contribution in [3.63, 3.8) is 0 Å². The first-order valence-corrected chi connectivity index (χ1v) is 8.32. The van der Waals surface area contributed by atoms with Gasteiger partial charge in [0.1, 0.15) is 16.5 Å². The molecule has 0 aliphatic carbocycles. The number of hydrogen-bond donors (Lipinski definition) is 0. The second kappa shape index (κ2) is 6.08. The topological polar surface area (TPSA) is 38.7 Å². The van der Waals surface area contributed by atoms with Gasteiger partial charge in [-0.15, -0.1) is 11.3 Å². The quantitative estimate of drug-likeness (QED) is 0.644. The molecule has 0 saturated heterocycles. The zero-order valence-corrected chi connectivity index (χ0v) is 13.2. The van der Waals surface area contributed by atoms with Crippen LogP contribution in [0.4, 0.5) is 0 Å². The minimum Gasteiger partial charge on any atom is -0.229 e. The Morgan fingerprint density at radius 1 is 1.25 bits per heavy atom. The molecule has 0 fully saturated rings. The largest absolute Gasteiger partial charge is 0.229 e. The summed E-state index contributed by atoms with van der Waals surface area (Å²) in [6.45, 7) is 2.12. The lowest BCUT2D eigenvalue weighted by molar-refractivity contribution is 0.856. The molecule has 0 spiro atoms. The zero-order chi connectivity index (χ0) is 13.9. The van der Waals surface area contributed by atoms with E-state index in [9.17, 15) is 0 Å². The van der Waals surface area contributed by atoms with Gasteiger partial charge in [-0.3, -0.25) is 0 Å². The fourth-order valence-electron chi connectivity index (χ4n) is 1.90.